The maximum atomic E-state index is 12.4. The first-order chi connectivity index (χ1) is 11.1. The fourth-order valence-electron chi connectivity index (χ4n) is 2.71. The van der Waals surface area contributed by atoms with E-state index in [-0.39, 0.29) is 17.7 Å². The van der Waals surface area contributed by atoms with Crippen molar-refractivity contribution in [1.29, 1.82) is 0 Å². The Morgan fingerprint density at radius 1 is 1.17 bits per heavy atom. The molecule has 120 valence electrons. The van der Waals surface area contributed by atoms with Crippen molar-refractivity contribution >= 4 is 33.4 Å². The number of carbonyl (C=O) groups excluding carboxylic acids is 2. The van der Waals surface area contributed by atoms with Gasteiger partial charge in [-0.15, -0.1) is 0 Å². The molecule has 2 heterocycles. The predicted octanol–water partition coefficient (Wildman–Crippen LogP) is 3.53. The minimum atomic E-state index is -0.0736. The van der Waals surface area contributed by atoms with Gasteiger partial charge in [-0.05, 0) is 47.0 Å². The van der Waals surface area contributed by atoms with Crippen LogP contribution in [0.2, 0.25) is 0 Å². The molecule has 2 aromatic rings. The van der Waals surface area contributed by atoms with E-state index in [1.807, 2.05) is 24.3 Å². The SMILES string of the molecule is O=C(Nc1ccccc1Br)C1CCN(C(=O)c2ccoc2)CC1. The van der Waals surface area contributed by atoms with Crippen LogP contribution in [0.25, 0.3) is 0 Å². The Bertz CT molecular complexity index is 692. The molecular formula is C17H17BrN2O3. The van der Waals surface area contributed by atoms with Gasteiger partial charge < -0.3 is 14.6 Å². The predicted molar refractivity (Wildman–Crippen MR) is 90.1 cm³/mol. The summed E-state index contributed by atoms with van der Waals surface area (Å²) < 4.78 is 5.81. The molecule has 0 aliphatic carbocycles. The highest BCUT2D eigenvalue weighted by molar-refractivity contribution is 9.10. The zero-order valence-electron chi connectivity index (χ0n) is 12.5. The van der Waals surface area contributed by atoms with Crippen LogP contribution in [0.5, 0.6) is 0 Å². The highest BCUT2D eigenvalue weighted by atomic mass is 79.9. The summed E-state index contributed by atoms with van der Waals surface area (Å²) in [6.45, 7) is 1.16. The van der Waals surface area contributed by atoms with Crippen molar-refractivity contribution in [1.82, 2.24) is 4.90 Å². The zero-order chi connectivity index (χ0) is 16.2. The maximum Gasteiger partial charge on any atom is 0.257 e. The number of hydrogen-bond acceptors (Lipinski definition) is 3. The first kappa shape index (κ1) is 15.8. The summed E-state index contributed by atoms with van der Waals surface area (Å²) in [7, 11) is 0. The average Bonchev–Trinajstić information content (AvgIpc) is 3.11. The summed E-state index contributed by atoms with van der Waals surface area (Å²) in [6.07, 6.45) is 4.28. The van der Waals surface area contributed by atoms with Gasteiger partial charge in [0.25, 0.3) is 5.91 Å². The Balaban J connectivity index is 1.55. The maximum absolute atomic E-state index is 12.4. The number of piperidine rings is 1. The molecule has 1 aliphatic rings. The number of carbonyl (C=O) groups is 2. The van der Waals surface area contributed by atoms with Crippen LogP contribution in [-0.2, 0) is 4.79 Å². The topological polar surface area (TPSA) is 62.6 Å². The number of hydrogen-bond donors (Lipinski definition) is 1. The van der Waals surface area contributed by atoms with E-state index >= 15 is 0 Å². The van der Waals surface area contributed by atoms with Gasteiger partial charge in [-0.2, -0.15) is 0 Å². The quantitative estimate of drug-likeness (QED) is 0.890. The number of para-hydroxylation sites is 1. The monoisotopic (exact) mass is 376 g/mol. The molecule has 1 saturated heterocycles. The van der Waals surface area contributed by atoms with Crippen molar-refractivity contribution < 1.29 is 14.0 Å². The average molecular weight is 377 g/mol. The second kappa shape index (κ2) is 7.00. The third-order valence-electron chi connectivity index (χ3n) is 4.05. The molecule has 1 N–H and O–H groups in total. The number of furan rings is 1. The van der Waals surface area contributed by atoms with Crippen molar-refractivity contribution in [2.75, 3.05) is 18.4 Å². The summed E-state index contributed by atoms with van der Waals surface area (Å²) in [5.74, 6) is -0.105. The molecule has 23 heavy (non-hydrogen) atoms. The molecule has 0 saturated carbocycles. The number of nitrogens with zero attached hydrogens (tertiary/aromatic N) is 1. The lowest BCUT2D eigenvalue weighted by atomic mass is 9.95. The lowest BCUT2D eigenvalue weighted by molar-refractivity contribution is -0.121. The molecule has 0 spiro atoms. The molecule has 0 atom stereocenters. The summed E-state index contributed by atoms with van der Waals surface area (Å²) in [6, 6.07) is 9.20. The van der Waals surface area contributed by atoms with E-state index in [4.69, 9.17) is 4.42 Å². The van der Waals surface area contributed by atoms with Gasteiger partial charge >= 0.3 is 0 Å². The van der Waals surface area contributed by atoms with Gasteiger partial charge in [0.05, 0.1) is 17.5 Å². The number of likely N-dealkylation sites (tertiary alicyclic amines) is 1. The number of nitrogens with one attached hydrogen (secondary N) is 1. The standard InChI is InChI=1S/C17H17BrN2O3/c18-14-3-1-2-4-15(14)19-16(21)12-5-8-20(9-6-12)17(22)13-7-10-23-11-13/h1-4,7,10-12H,5-6,8-9H2,(H,19,21). The lowest BCUT2D eigenvalue weighted by Crippen LogP contribution is -2.41. The van der Waals surface area contributed by atoms with Crippen molar-refractivity contribution in [2.24, 2.45) is 5.92 Å². The smallest absolute Gasteiger partial charge is 0.257 e. The first-order valence-corrected chi connectivity index (χ1v) is 8.31. The molecule has 0 radical (unpaired) electrons. The van der Waals surface area contributed by atoms with Crippen molar-refractivity contribution in [2.45, 2.75) is 12.8 Å². The molecule has 0 unspecified atom stereocenters. The lowest BCUT2D eigenvalue weighted by Gasteiger charge is -2.31. The molecular weight excluding hydrogens is 360 g/mol. The summed E-state index contributed by atoms with van der Waals surface area (Å²) in [4.78, 5) is 26.4. The van der Waals surface area contributed by atoms with Crippen LogP contribution in [0, 0.1) is 5.92 Å². The van der Waals surface area contributed by atoms with Crippen molar-refractivity contribution in [3.05, 3.63) is 52.9 Å². The molecule has 1 aromatic heterocycles. The second-order valence-electron chi connectivity index (χ2n) is 5.55. The molecule has 1 aliphatic heterocycles. The van der Waals surface area contributed by atoms with Crippen LogP contribution in [0.4, 0.5) is 5.69 Å². The van der Waals surface area contributed by atoms with E-state index in [0.717, 1.165) is 10.2 Å². The van der Waals surface area contributed by atoms with Gasteiger partial charge in [0.15, 0.2) is 0 Å². The van der Waals surface area contributed by atoms with Crippen LogP contribution >= 0.6 is 15.9 Å². The van der Waals surface area contributed by atoms with E-state index in [2.05, 4.69) is 21.2 Å². The van der Waals surface area contributed by atoms with Gasteiger partial charge in [-0.25, -0.2) is 0 Å². The Hall–Kier alpha value is -2.08. The minimum Gasteiger partial charge on any atom is -0.472 e. The van der Waals surface area contributed by atoms with Gasteiger partial charge in [-0.3, -0.25) is 9.59 Å². The molecule has 3 rings (SSSR count). The second-order valence-corrected chi connectivity index (χ2v) is 6.40. The third kappa shape index (κ3) is 3.64. The summed E-state index contributed by atoms with van der Waals surface area (Å²) >= 11 is 3.42. The highest BCUT2D eigenvalue weighted by Gasteiger charge is 2.28. The molecule has 1 aromatic carbocycles. The first-order valence-electron chi connectivity index (χ1n) is 7.52. The number of halogens is 1. The molecule has 1 fully saturated rings. The number of benzene rings is 1. The van der Waals surface area contributed by atoms with Crippen molar-refractivity contribution in [3.8, 4) is 0 Å². The van der Waals surface area contributed by atoms with Crippen LogP contribution in [0.15, 0.2) is 51.7 Å². The van der Waals surface area contributed by atoms with Crippen LogP contribution in [0.3, 0.4) is 0 Å². The van der Waals surface area contributed by atoms with E-state index in [1.54, 1.807) is 11.0 Å². The summed E-state index contributed by atoms with van der Waals surface area (Å²) in [5.41, 5.74) is 1.33. The van der Waals surface area contributed by atoms with Gasteiger partial charge in [0.1, 0.15) is 6.26 Å². The van der Waals surface area contributed by atoms with E-state index in [9.17, 15) is 9.59 Å². The van der Waals surface area contributed by atoms with Gasteiger partial charge in [0.2, 0.25) is 5.91 Å². The van der Waals surface area contributed by atoms with E-state index < -0.39 is 0 Å². The molecule has 5 nitrogen and oxygen atoms in total. The fraction of sp³-hybridized carbons (Fsp3) is 0.294. The number of rotatable bonds is 3. The Morgan fingerprint density at radius 2 is 1.91 bits per heavy atom. The zero-order valence-corrected chi connectivity index (χ0v) is 14.1. The van der Waals surface area contributed by atoms with E-state index in [0.29, 0.717) is 31.5 Å². The summed E-state index contributed by atoms with van der Waals surface area (Å²) in [5, 5.41) is 2.95. The third-order valence-corrected chi connectivity index (χ3v) is 4.74. The van der Waals surface area contributed by atoms with Gasteiger partial charge in [0, 0.05) is 23.5 Å². The number of amides is 2. The number of anilines is 1. The van der Waals surface area contributed by atoms with Crippen LogP contribution in [0.1, 0.15) is 23.2 Å². The largest absolute Gasteiger partial charge is 0.472 e. The van der Waals surface area contributed by atoms with Crippen molar-refractivity contribution in [3.63, 3.8) is 0 Å². The minimum absolute atomic E-state index is 0.00677. The van der Waals surface area contributed by atoms with Gasteiger partial charge in [-0.1, -0.05) is 12.1 Å². The fourth-order valence-corrected chi connectivity index (χ4v) is 3.09. The molecule has 2 amide bonds. The Morgan fingerprint density at radius 3 is 2.57 bits per heavy atom. The van der Waals surface area contributed by atoms with E-state index in [1.165, 1.54) is 12.5 Å². The molecule has 6 heteroatoms. The highest BCUT2D eigenvalue weighted by Crippen LogP contribution is 2.25. The molecule has 0 bridgehead atoms. The Labute approximate surface area is 142 Å². The normalized spacial score (nSPS) is 15.4. The van der Waals surface area contributed by atoms with Crippen LogP contribution < -0.4 is 5.32 Å². The Kier molecular flexibility index (Phi) is 4.81. The van der Waals surface area contributed by atoms with Crippen LogP contribution in [-0.4, -0.2) is 29.8 Å².